The Morgan fingerprint density at radius 2 is 1.82 bits per heavy atom. The molecule has 0 spiro atoms. The molecule has 4 aromatic rings. The van der Waals surface area contributed by atoms with Gasteiger partial charge in [-0.25, -0.2) is 4.98 Å². The maximum atomic E-state index is 12.8. The van der Waals surface area contributed by atoms with Gasteiger partial charge in [0.25, 0.3) is 11.6 Å². The molecule has 1 amide bonds. The topological polar surface area (TPSA) is 88.4 Å². The van der Waals surface area contributed by atoms with Gasteiger partial charge in [-0.05, 0) is 73.9 Å². The quantitative estimate of drug-likeness (QED) is 0.291. The van der Waals surface area contributed by atoms with Crippen LogP contribution in [0.3, 0.4) is 0 Å². The van der Waals surface area contributed by atoms with E-state index in [0.717, 1.165) is 46.7 Å². The summed E-state index contributed by atoms with van der Waals surface area (Å²) in [5.74, 6) is -0.380. The number of fused-ring (bicyclic) bond motifs is 1. The van der Waals surface area contributed by atoms with Crippen molar-refractivity contribution in [3.63, 3.8) is 0 Å². The van der Waals surface area contributed by atoms with Crippen LogP contribution in [0.15, 0.2) is 60.7 Å². The van der Waals surface area contributed by atoms with Gasteiger partial charge in [-0.15, -0.1) is 11.3 Å². The molecule has 0 unspecified atom stereocenters. The SMILES string of the molecule is Cc1ccc2nc(-c3ccc(NC(=O)c4ccc(N5CCCC5)c([N+](=O)[O-])c4)cc3)sc2c1. The molecule has 0 atom stereocenters. The van der Waals surface area contributed by atoms with Gasteiger partial charge >= 0.3 is 0 Å². The predicted molar refractivity (Wildman–Crippen MR) is 132 cm³/mol. The van der Waals surface area contributed by atoms with Gasteiger partial charge in [0.05, 0.1) is 15.1 Å². The molecule has 0 saturated carbocycles. The Morgan fingerprint density at radius 3 is 2.55 bits per heavy atom. The lowest BCUT2D eigenvalue weighted by Crippen LogP contribution is -2.19. The second kappa shape index (κ2) is 8.63. The minimum atomic E-state index is -0.418. The van der Waals surface area contributed by atoms with Crippen LogP contribution in [-0.2, 0) is 0 Å². The Labute approximate surface area is 194 Å². The summed E-state index contributed by atoms with van der Waals surface area (Å²) in [5.41, 5.74) is 4.55. The number of hydrogen-bond donors (Lipinski definition) is 1. The zero-order valence-electron chi connectivity index (χ0n) is 18.1. The molecule has 5 rings (SSSR count). The maximum Gasteiger partial charge on any atom is 0.293 e. The van der Waals surface area contributed by atoms with Crippen molar-refractivity contribution in [1.29, 1.82) is 0 Å². The third-order valence-electron chi connectivity index (χ3n) is 5.81. The Bertz CT molecular complexity index is 1360. The van der Waals surface area contributed by atoms with E-state index < -0.39 is 4.92 Å². The van der Waals surface area contributed by atoms with E-state index >= 15 is 0 Å². The minimum absolute atomic E-state index is 0.0361. The highest BCUT2D eigenvalue weighted by atomic mass is 32.1. The van der Waals surface area contributed by atoms with E-state index in [9.17, 15) is 14.9 Å². The maximum absolute atomic E-state index is 12.8. The van der Waals surface area contributed by atoms with Gasteiger partial charge in [0.2, 0.25) is 0 Å². The van der Waals surface area contributed by atoms with Crippen LogP contribution in [0, 0.1) is 17.0 Å². The Hall–Kier alpha value is -3.78. The first-order valence-electron chi connectivity index (χ1n) is 10.8. The number of nitrogens with zero attached hydrogens (tertiary/aromatic N) is 3. The van der Waals surface area contributed by atoms with Gasteiger partial charge in [-0.2, -0.15) is 0 Å². The molecule has 1 N–H and O–H groups in total. The average molecular weight is 459 g/mol. The van der Waals surface area contributed by atoms with E-state index in [1.807, 2.05) is 41.3 Å². The first-order valence-corrected chi connectivity index (χ1v) is 11.6. The molecule has 7 nitrogen and oxygen atoms in total. The van der Waals surface area contributed by atoms with Gasteiger partial charge in [0, 0.05) is 36.0 Å². The molecule has 1 fully saturated rings. The number of nitro benzene ring substituents is 1. The summed E-state index contributed by atoms with van der Waals surface area (Å²) < 4.78 is 1.14. The second-order valence-electron chi connectivity index (χ2n) is 8.18. The molecule has 0 bridgehead atoms. The van der Waals surface area contributed by atoms with Crippen molar-refractivity contribution in [2.75, 3.05) is 23.3 Å². The van der Waals surface area contributed by atoms with Crippen molar-refractivity contribution in [3.05, 3.63) is 81.9 Å². The zero-order valence-corrected chi connectivity index (χ0v) is 18.9. The number of rotatable bonds is 5. The summed E-state index contributed by atoms with van der Waals surface area (Å²) in [6.07, 6.45) is 2.04. The summed E-state index contributed by atoms with van der Waals surface area (Å²) in [4.78, 5) is 30.7. The van der Waals surface area contributed by atoms with Crippen LogP contribution in [0.2, 0.25) is 0 Å². The molecule has 2 heterocycles. The number of hydrogen-bond acceptors (Lipinski definition) is 6. The summed E-state index contributed by atoms with van der Waals surface area (Å²) in [6.45, 7) is 3.66. The lowest BCUT2D eigenvalue weighted by atomic mass is 10.1. The molecule has 1 saturated heterocycles. The predicted octanol–water partition coefficient (Wildman–Crippen LogP) is 6.03. The smallest absolute Gasteiger partial charge is 0.293 e. The van der Waals surface area contributed by atoms with Crippen molar-refractivity contribution in [2.24, 2.45) is 0 Å². The van der Waals surface area contributed by atoms with Gasteiger partial charge < -0.3 is 10.2 Å². The number of anilines is 2. The van der Waals surface area contributed by atoms with Crippen molar-refractivity contribution < 1.29 is 9.72 Å². The molecule has 166 valence electrons. The minimum Gasteiger partial charge on any atom is -0.366 e. The lowest BCUT2D eigenvalue weighted by Gasteiger charge is -2.17. The molecule has 0 radical (unpaired) electrons. The number of amides is 1. The number of nitrogens with one attached hydrogen (secondary N) is 1. The standard InChI is InChI=1S/C25H22N4O3S/c1-16-4-10-20-23(14-16)33-25(27-20)17-5-8-19(9-6-17)26-24(30)18-7-11-21(22(15-18)29(31)32)28-12-2-3-13-28/h4-11,14-15H,2-3,12-13H2,1H3,(H,26,30). The molecule has 8 heteroatoms. The third kappa shape index (κ3) is 4.29. The fourth-order valence-corrected chi connectivity index (χ4v) is 5.16. The van der Waals surface area contributed by atoms with Crippen LogP contribution in [0.1, 0.15) is 28.8 Å². The van der Waals surface area contributed by atoms with Crippen molar-refractivity contribution in [3.8, 4) is 10.6 Å². The van der Waals surface area contributed by atoms with Gasteiger partial charge in [-0.1, -0.05) is 6.07 Å². The molecule has 33 heavy (non-hydrogen) atoms. The fourth-order valence-electron chi connectivity index (χ4n) is 4.09. The zero-order chi connectivity index (χ0) is 22.9. The van der Waals surface area contributed by atoms with Crippen LogP contribution >= 0.6 is 11.3 Å². The van der Waals surface area contributed by atoms with Crippen molar-refractivity contribution in [1.82, 2.24) is 4.98 Å². The number of carbonyl (C=O) groups excluding carboxylic acids is 1. The number of carbonyl (C=O) groups is 1. The van der Waals surface area contributed by atoms with E-state index in [-0.39, 0.29) is 17.2 Å². The Morgan fingerprint density at radius 1 is 1.06 bits per heavy atom. The van der Waals surface area contributed by atoms with Crippen molar-refractivity contribution in [2.45, 2.75) is 19.8 Å². The third-order valence-corrected chi connectivity index (χ3v) is 6.88. The molecular weight excluding hydrogens is 436 g/mol. The molecular formula is C25H22N4O3S. The Kier molecular flexibility index (Phi) is 5.51. The summed E-state index contributed by atoms with van der Waals surface area (Å²) >= 11 is 1.63. The van der Waals surface area contributed by atoms with Crippen LogP contribution < -0.4 is 10.2 Å². The Balaban J connectivity index is 1.34. The average Bonchev–Trinajstić information content (AvgIpc) is 3.49. The molecule has 3 aromatic carbocycles. The number of nitro groups is 1. The van der Waals surface area contributed by atoms with E-state index in [1.165, 1.54) is 11.6 Å². The molecule has 1 aliphatic heterocycles. The van der Waals surface area contributed by atoms with E-state index in [2.05, 4.69) is 18.3 Å². The highest BCUT2D eigenvalue weighted by Gasteiger charge is 2.24. The summed E-state index contributed by atoms with van der Waals surface area (Å²) in [6, 6.07) is 18.3. The number of benzene rings is 3. The summed E-state index contributed by atoms with van der Waals surface area (Å²) in [7, 11) is 0. The molecule has 1 aromatic heterocycles. The normalized spacial score (nSPS) is 13.4. The van der Waals surface area contributed by atoms with Gasteiger partial charge in [0.15, 0.2) is 0 Å². The highest BCUT2D eigenvalue weighted by Crippen LogP contribution is 2.33. The van der Waals surface area contributed by atoms with E-state index in [1.54, 1.807) is 23.5 Å². The first kappa shape index (κ1) is 21.1. The van der Waals surface area contributed by atoms with Gasteiger partial charge in [0.1, 0.15) is 10.7 Å². The number of aryl methyl sites for hydroxylation is 1. The largest absolute Gasteiger partial charge is 0.366 e. The lowest BCUT2D eigenvalue weighted by molar-refractivity contribution is -0.384. The van der Waals surface area contributed by atoms with Gasteiger partial charge in [-0.3, -0.25) is 14.9 Å². The summed E-state index contributed by atoms with van der Waals surface area (Å²) in [5, 5.41) is 15.4. The van der Waals surface area contributed by atoms with Crippen LogP contribution in [-0.4, -0.2) is 28.9 Å². The molecule has 0 aliphatic carbocycles. The number of thiazole rings is 1. The van der Waals surface area contributed by atoms with Crippen molar-refractivity contribution >= 4 is 44.5 Å². The highest BCUT2D eigenvalue weighted by molar-refractivity contribution is 7.21. The monoisotopic (exact) mass is 458 g/mol. The molecule has 1 aliphatic rings. The first-order chi connectivity index (χ1) is 16.0. The fraction of sp³-hybridized carbons (Fsp3) is 0.200. The van der Waals surface area contributed by atoms with E-state index in [4.69, 9.17) is 4.98 Å². The second-order valence-corrected chi connectivity index (χ2v) is 9.21. The number of aromatic nitrogens is 1. The van der Waals surface area contributed by atoms with E-state index in [0.29, 0.717) is 11.4 Å². The van der Waals surface area contributed by atoms with Crippen LogP contribution in [0.25, 0.3) is 20.8 Å². The van der Waals surface area contributed by atoms with Crippen LogP contribution in [0.4, 0.5) is 17.1 Å². The van der Waals surface area contributed by atoms with Crippen LogP contribution in [0.5, 0.6) is 0 Å².